The van der Waals surface area contributed by atoms with Crippen LogP contribution in [0.5, 0.6) is 0 Å². The van der Waals surface area contributed by atoms with Gasteiger partial charge in [-0.15, -0.1) is 10.2 Å². The van der Waals surface area contributed by atoms with Crippen LogP contribution in [-0.2, 0) is 16.1 Å². The van der Waals surface area contributed by atoms with E-state index >= 15 is 0 Å². The molecule has 0 unspecified atom stereocenters. The van der Waals surface area contributed by atoms with Crippen molar-refractivity contribution in [3.8, 4) is 11.7 Å². The van der Waals surface area contributed by atoms with Gasteiger partial charge in [0.2, 0.25) is 0 Å². The van der Waals surface area contributed by atoms with Crippen LogP contribution in [0.25, 0.3) is 11.7 Å². The van der Waals surface area contributed by atoms with E-state index in [0.717, 1.165) is 0 Å². The zero-order valence-corrected chi connectivity index (χ0v) is 13.6. The Kier molecular flexibility index (Phi) is 4.75. The number of ether oxygens (including phenoxy) is 1. The highest BCUT2D eigenvalue weighted by Crippen LogP contribution is 2.18. The average molecular weight is 396 g/mol. The molecule has 0 spiro atoms. The largest absolute Gasteiger partial charge is 0.459 e. The van der Waals surface area contributed by atoms with Crippen LogP contribution in [0, 0.1) is 0 Å². The molecule has 3 aromatic rings. The first kappa shape index (κ1) is 16.0. The Bertz CT molecular complexity index is 838. The summed E-state index contributed by atoms with van der Waals surface area (Å²) in [7, 11) is 0. The molecule has 0 saturated heterocycles. The highest BCUT2D eigenvalue weighted by Gasteiger charge is 2.15. The van der Waals surface area contributed by atoms with Crippen molar-refractivity contribution in [2.45, 2.75) is 6.61 Å². The van der Waals surface area contributed by atoms with Crippen molar-refractivity contribution < 1.29 is 27.6 Å². The van der Waals surface area contributed by atoms with Gasteiger partial charge in [0.05, 0.1) is 6.26 Å². The van der Waals surface area contributed by atoms with Crippen LogP contribution in [0.2, 0.25) is 0 Å². The molecule has 3 aromatic heterocycles. The first-order valence-electron chi connectivity index (χ1n) is 6.67. The fourth-order valence-electron chi connectivity index (χ4n) is 1.68. The molecular weight excluding hydrogens is 386 g/mol. The monoisotopic (exact) mass is 395 g/mol. The van der Waals surface area contributed by atoms with Crippen molar-refractivity contribution in [2.24, 2.45) is 0 Å². The summed E-state index contributed by atoms with van der Waals surface area (Å²) in [5, 5.41) is 9.86. The first-order chi connectivity index (χ1) is 11.6. The number of esters is 1. The van der Waals surface area contributed by atoms with E-state index in [1.165, 1.54) is 12.3 Å². The van der Waals surface area contributed by atoms with E-state index in [9.17, 15) is 9.59 Å². The van der Waals surface area contributed by atoms with Gasteiger partial charge in [-0.2, -0.15) is 0 Å². The third-order valence-corrected chi connectivity index (χ3v) is 3.17. The van der Waals surface area contributed by atoms with Crippen LogP contribution >= 0.6 is 15.9 Å². The van der Waals surface area contributed by atoms with Crippen molar-refractivity contribution in [1.29, 1.82) is 0 Å². The fourth-order valence-corrected chi connectivity index (χ4v) is 1.99. The SMILES string of the molecule is O=C(CNC(=O)c1ccc(Br)o1)OCc1nnc(-c2ccco2)o1. The Morgan fingerprint density at radius 1 is 1.21 bits per heavy atom. The summed E-state index contributed by atoms with van der Waals surface area (Å²) < 4.78 is 20.8. The standard InChI is InChI=1S/C14H10BrN3O6/c15-10-4-3-8(23-10)13(20)16-6-12(19)22-7-11-17-18-14(24-11)9-2-1-5-21-9/h1-5H,6-7H2,(H,16,20). The maximum atomic E-state index is 11.7. The minimum Gasteiger partial charge on any atom is -0.459 e. The van der Waals surface area contributed by atoms with E-state index in [2.05, 4.69) is 31.4 Å². The predicted octanol–water partition coefficient (Wildman–Crippen LogP) is 2.16. The topological polar surface area (TPSA) is 121 Å². The molecule has 0 saturated carbocycles. The van der Waals surface area contributed by atoms with Crippen LogP contribution in [0.15, 0.2) is 48.4 Å². The van der Waals surface area contributed by atoms with Gasteiger partial charge >= 0.3 is 5.97 Å². The van der Waals surface area contributed by atoms with Gasteiger partial charge in [-0.3, -0.25) is 9.59 Å². The number of hydrogen-bond donors (Lipinski definition) is 1. The number of amides is 1. The first-order valence-corrected chi connectivity index (χ1v) is 7.46. The molecule has 0 radical (unpaired) electrons. The van der Waals surface area contributed by atoms with E-state index < -0.39 is 11.9 Å². The molecule has 0 aliphatic carbocycles. The molecule has 3 rings (SSSR count). The lowest BCUT2D eigenvalue weighted by Gasteiger charge is -2.03. The third-order valence-electron chi connectivity index (χ3n) is 2.75. The normalized spacial score (nSPS) is 10.5. The van der Waals surface area contributed by atoms with Crippen molar-refractivity contribution in [1.82, 2.24) is 15.5 Å². The zero-order valence-electron chi connectivity index (χ0n) is 12.0. The van der Waals surface area contributed by atoms with Gasteiger partial charge < -0.3 is 23.3 Å². The molecule has 10 heteroatoms. The van der Waals surface area contributed by atoms with Crippen LogP contribution in [0.3, 0.4) is 0 Å². The zero-order chi connectivity index (χ0) is 16.9. The number of hydrogen-bond acceptors (Lipinski definition) is 8. The van der Waals surface area contributed by atoms with Crippen molar-refractivity contribution >= 4 is 27.8 Å². The molecule has 24 heavy (non-hydrogen) atoms. The second kappa shape index (κ2) is 7.13. The minimum absolute atomic E-state index is 0.0784. The van der Waals surface area contributed by atoms with E-state index in [1.807, 2.05) is 0 Å². The molecule has 0 aromatic carbocycles. The third kappa shape index (κ3) is 3.90. The van der Waals surface area contributed by atoms with E-state index in [1.54, 1.807) is 18.2 Å². The molecule has 1 amide bonds. The summed E-state index contributed by atoms with van der Waals surface area (Å²) in [5.41, 5.74) is 0. The summed E-state index contributed by atoms with van der Waals surface area (Å²) in [6.45, 7) is -0.537. The summed E-state index contributed by atoms with van der Waals surface area (Å²) in [6, 6.07) is 6.38. The number of aromatic nitrogens is 2. The molecule has 3 heterocycles. The van der Waals surface area contributed by atoms with Gasteiger partial charge in [-0.05, 0) is 40.2 Å². The molecule has 0 aliphatic rings. The quantitative estimate of drug-likeness (QED) is 0.630. The van der Waals surface area contributed by atoms with Gasteiger partial charge in [-0.1, -0.05) is 0 Å². The molecule has 124 valence electrons. The lowest BCUT2D eigenvalue weighted by molar-refractivity contribution is -0.144. The minimum atomic E-state index is -0.660. The predicted molar refractivity (Wildman–Crippen MR) is 80.5 cm³/mol. The fraction of sp³-hybridized carbons (Fsp3) is 0.143. The number of halogens is 1. The molecule has 1 N–H and O–H groups in total. The van der Waals surface area contributed by atoms with Gasteiger partial charge in [-0.25, -0.2) is 0 Å². The van der Waals surface area contributed by atoms with Gasteiger partial charge in [0, 0.05) is 0 Å². The highest BCUT2D eigenvalue weighted by molar-refractivity contribution is 9.10. The number of carbonyl (C=O) groups excluding carboxylic acids is 2. The van der Waals surface area contributed by atoms with Crippen LogP contribution in [-0.4, -0.2) is 28.6 Å². The molecule has 9 nitrogen and oxygen atoms in total. The maximum absolute atomic E-state index is 11.7. The second-order valence-electron chi connectivity index (χ2n) is 4.43. The van der Waals surface area contributed by atoms with E-state index in [4.69, 9.17) is 18.0 Å². The summed E-state index contributed by atoms with van der Waals surface area (Å²) in [5.74, 6) is -0.410. The Morgan fingerprint density at radius 2 is 2.08 bits per heavy atom. The van der Waals surface area contributed by atoms with Crippen LogP contribution in [0.4, 0.5) is 0 Å². The van der Waals surface area contributed by atoms with Gasteiger partial charge in [0.15, 0.2) is 22.8 Å². The number of nitrogens with zero attached hydrogens (tertiary/aromatic N) is 2. The smallest absolute Gasteiger partial charge is 0.325 e. The summed E-state index contributed by atoms with van der Waals surface area (Å²) in [6.07, 6.45) is 1.47. The number of rotatable bonds is 6. The van der Waals surface area contributed by atoms with Crippen molar-refractivity contribution in [2.75, 3.05) is 6.54 Å². The Morgan fingerprint density at radius 3 is 2.79 bits per heavy atom. The second-order valence-corrected chi connectivity index (χ2v) is 5.21. The van der Waals surface area contributed by atoms with Crippen LogP contribution < -0.4 is 5.32 Å². The lowest BCUT2D eigenvalue weighted by atomic mass is 10.4. The Hall–Kier alpha value is -2.88. The number of furan rings is 2. The van der Waals surface area contributed by atoms with Gasteiger partial charge in [0.25, 0.3) is 17.7 Å². The average Bonchev–Trinajstić information content (AvgIpc) is 3.30. The van der Waals surface area contributed by atoms with Crippen molar-refractivity contribution in [3.63, 3.8) is 0 Å². The molecule has 0 aliphatic heterocycles. The highest BCUT2D eigenvalue weighted by atomic mass is 79.9. The van der Waals surface area contributed by atoms with E-state index in [-0.39, 0.29) is 30.7 Å². The van der Waals surface area contributed by atoms with Gasteiger partial charge in [0.1, 0.15) is 6.54 Å². The van der Waals surface area contributed by atoms with E-state index in [0.29, 0.717) is 10.4 Å². The summed E-state index contributed by atoms with van der Waals surface area (Å²) in [4.78, 5) is 23.3. The number of nitrogens with one attached hydrogen (secondary N) is 1. The summed E-state index contributed by atoms with van der Waals surface area (Å²) >= 11 is 3.08. The maximum Gasteiger partial charge on any atom is 0.325 e. The number of carbonyl (C=O) groups is 2. The van der Waals surface area contributed by atoms with Crippen LogP contribution in [0.1, 0.15) is 16.4 Å². The molecular formula is C14H10BrN3O6. The Labute approximate surface area is 143 Å². The van der Waals surface area contributed by atoms with Crippen molar-refractivity contribution in [3.05, 3.63) is 46.8 Å². The molecule has 0 bridgehead atoms. The molecule has 0 atom stereocenters. The Balaban J connectivity index is 1.45. The lowest BCUT2D eigenvalue weighted by Crippen LogP contribution is -2.30. The molecule has 0 fully saturated rings.